The highest BCUT2D eigenvalue weighted by Gasteiger charge is 2.40. The van der Waals surface area contributed by atoms with E-state index in [2.05, 4.69) is 34.4 Å². The van der Waals surface area contributed by atoms with E-state index in [1.54, 1.807) is 0 Å². The van der Waals surface area contributed by atoms with Gasteiger partial charge in [-0.05, 0) is 31.1 Å². The second-order valence-electron chi connectivity index (χ2n) is 5.26. The Morgan fingerprint density at radius 2 is 1.94 bits per heavy atom. The lowest BCUT2D eigenvalue weighted by atomic mass is 10.0. The van der Waals surface area contributed by atoms with E-state index >= 15 is 0 Å². The van der Waals surface area contributed by atoms with Gasteiger partial charge in [0, 0.05) is 26.1 Å². The van der Waals surface area contributed by atoms with Gasteiger partial charge in [0.2, 0.25) is 0 Å². The molecular weight excluding hydrogens is 224 g/mol. The lowest BCUT2D eigenvalue weighted by molar-refractivity contribution is 0.520. The van der Waals surface area contributed by atoms with E-state index in [9.17, 15) is 0 Å². The highest BCUT2D eigenvalue weighted by molar-refractivity contribution is 5.47. The summed E-state index contributed by atoms with van der Waals surface area (Å²) in [5.74, 6) is 2.78. The Kier molecular flexibility index (Phi) is 4.04. The van der Waals surface area contributed by atoms with Gasteiger partial charge < -0.3 is 10.6 Å². The summed E-state index contributed by atoms with van der Waals surface area (Å²) in [6.07, 6.45) is 5.96. The first-order chi connectivity index (χ1) is 8.71. The summed E-state index contributed by atoms with van der Waals surface area (Å²) in [6.45, 7) is 5.46. The summed E-state index contributed by atoms with van der Waals surface area (Å²) >= 11 is 0. The predicted molar refractivity (Wildman–Crippen MR) is 76.0 cm³/mol. The second-order valence-corrected chi connectivity index (χ2v) is 5.26. The van der Waals surface area contributed by atoms with Crippen molar-refractivity contribution in [3.05, 3.63) is 11.9 Å². The summed E-state index contributed by atoms with van der Waals surface area (Å²) in [5, 5.41) is 6.58. The number of nitrogens with zero attached hydrogens (tertiary/aromatic N) is 2. The molecule has 0 amide bonds. The fourth-order valence-corrected chi connectivity index (χ4v) is 2.16. The molecule has 0 aromatic carbocycles. The third kappa shape index (κ3) is 3.12. The normalized spacial score (nSPS) is 16.4. The van der Waals surface area contributed by atoms with Gasteiger partial charge in [-0.25, -0.2) is 9.97 Å². The van der Waals surface area contributed by atoms with Gasteiger partial charge in [-0.15, -0.1) is 0 Å². The molecule has 1 fully saturated rings. The van der Waals surface area contributed by atoms with Crippen LogP contribution >= 0.6 is 0 Å². The number of aromatic nitrogens is 2. The Morgan fingerprint density at radius 3 is 2.50 bits per heavy atom. The molecule has 4 nitrogen and oxygen atoms in total. The van der Waals surface area contributed by atoms with Gasteiger partial charge in [0.1, 0.15) is 17.5 Å². The molecule has 0 aliphatic heterocycles. The summed E-state index contributed by atoms with van der Waals surface area (Å²) < 4.78 is 0. The van der Waals surface area contributed by atoms with E-state index in [1.165, 1.54) is 19.3 Å². The largest absolute Gasteiger partial charge is 0.373 e. The first-order valence-corrected chi connectivity index (χ1v) is 7.01. The molecule has 0 atom stereocenters. The number of aryl methyl sites for hydroxylation is 1. The van der Waals surface area contributed by atoms with Crippen molar-refractivity contribution >= 4 is 11.6 Å². The molecule has 1 aliphatic rings. The Labute approximate surface area is 110 Å². The van der Waals surface area contributed by atoms with E-state index in [-0.39, 0.29) is 0 Å². The summed E-state index contributed by atoms with van der Waals surface area (Å²) in [5.41, 5.74) is 0.537. The van der Waals surface area contributed by atoms with Gasteiger partial charge in [0.15, 0.2) is 0 Å². The Hall–Kier alpha value is -1.32. The van der Waals surface area contributed by atoms with Crippen molar-refractivity contribution in [3.8, 4) is 0 Å². The van der Waals surface area contributed by atoms with E-state index in [0.29, 0.717) is 5.41 Å². The van der Waals surface area contributed by atoms with E-state index < -0.39 is 0 Å². The Morgan fingerprint density at radius 1 is 1.22 bits per heavy atom. The quantitative estimate of drug-likeness (QED) is 0.778. The average molecular weight is 248 g/mol. The van der Waals surface area contributed by atoms with Crippen LogP contribution in [0.25, 0.3) is 0 Å². The zero-order chi connectivity index (χ0) is 13.0. The molecule has 0 spiro atoms. The molecule has 0 unspecified atom stereocenters. The minimum Gasteiger partial charge on any atom is -0.373 e. The monoisotopic (exact) mass is 248 g/mol. The summed E-state index contributed by atoms with van der Waals surface area (Å²) in [4.78, 5) is 9.03. The Bertz CT molecular complexity index is 399. The lowest BCUT2D eigenvalue weighted by Crippen LogP contribution is -2.16. The molecule has 1 heterocycles. The van der Waals surface area contributed by atoms with Gasteiger partial charge in [-0.1, -0.05) is 13.8 Å². The number of hydrogen-bond donors (Lipinski definition) is 2. The first kappa shape index (κ1) is 13.1. The average Bonchev–Trinajstić information content (AvgIpc) is 3.17. The third-order valence-electron chi connectivity index (χ3n) is 3.85. The first-order valence-electron chi connectivity index (χ1n) is 7.01. The molecule has 4 heteroatoms. The number of hydrogen-bond acceptors (Lipinski definition) is 4. The molecule has 2 N–H and O–H groups in total. The van der Waals surface area contributed by atoms with Crippen molar-refractivity contribution in [2.75, 3.05) is 24.2 Å². The molecule has 1 aliphatic carbocycles. The zero-order valence-corrected chi connectivity index (χ0v) is 11.7. The molecule has 0 radical (unpaired) electrons. The highest BCUT2D eigenvalue weighted by atomic mass is 15.1. The molecule has 18 heavy (non-hydrogen) atoms. The van der Waals surface area contributed by atoms with Crippen molar-refractivity contribution in [2.24, 2.45) is 5.41 Å². The van der Waals surface area contributed by atoms with Crippen LogP contribution in [0, 0.1) is 5.41 Å². The van der Waals surface area contributed by atoms with Crippen LogP contribution in [0.2, 0.25) is 0 Å². The van der Waals surface area contributed by atoms with Crippen LogP contribution in [-0.2, 0) is 6.42 Å². The Balaban J connectivity index is 2.04. The summed E-state index contributed by atoms with van der Waals surface area (Å²) in [7, 11) is 1.90. The van der Waals surface area contributed by atoms with Gasteiger partial charge in [-0.3, -0.25) is 0 Å². The lowest BCUT2D eigenvalue weighted by Gasteiger charge is -2.15. The van der Waals surface area contributed by atoms with E-state index in [0.717, 1.165) is 36.8 Å². The predicted octanol–water partition coefficient (Wildman–Crippen LogP) is 3.07. The van der Waals surface area contributed by atoms with Crippen molar-refractivity contribution in [2.45, 2.75) is 46.0 Å². The fraction of sp³-hybridized carbons (Fsp3) is 0.714. The fourth-order valence-electron chi connectivity index (χ4n) is 2.16. The van der Waals surface area contributed by atoms with Crippen molar-refractivity contribution in [1.82, 2.24) is 9.97 Å². The number of anilines is 2. The van der Waals surface area contributed by atoms with Crippen molar-refractivity contribution in [1.29, 1.82) is 0 Å². The standard InChI is InChI=1S/C14H24N4/c1-4-6-11-17-12(15-3)9-13(18-11)16-10-14(5-2)7-8-14/h9H,4-8,10H2,1-3H3,(H2,15,16,17,18). The molecule has 1 aromatic heterocycles. The van der Waals surface area contributed by atoms with Gasteiger partial charge >= 0.3 is 0 Å². The topological polar surface area (TPSA) is 49.8 Å². The van der Waals surface area contributed by atoms with Crippen LogP contribution in [0.4, 0.5) is 11.6 Å². The molecule has 2 rings (SSSR count). The molecule has 100 valence electrons. The van der Waals surface area contributed by atoms with Crippen LogP contribution in [0.5, 0.6) is 0 Å². The molecule has 0 bridgehead atoms. The van der Waals surface area contributed by atoms with E-state index in [1.807, 2.05) is 13.1 Å². The van der Waals surface area contributed by atoms with Crippen LogP contribution in [0.1, 0.15) is 45.4 Å². The zero-order valence-electron chi connectivity index (χ0n) is 11.7. The minimum atomic E-state index is 0.537. The van der Waals surface area contributed by atoms with Gasteiger partial charge in [-0.2, -0.15) is 0 Å². The summed E-state index contributed by atoms with van der Waals surface area (Å²) in [6, 6.07) is 1.99. The van der Waals surface area contributed by atoms with Crippen LogP contribution in [0.3, 0.4) is 0 Å². The van der Waals surface area contributed by atoms with Crippen LogP contribution in [-0.4, -0.2) is 23.6 Å². The molecule has 1 saturated carbocycles. The van der Waals surface area contributed by atoms with Crippen molar-refractivity contribution < 1.29 is 0 Å². The SMILES string of the molecule is CCCc1nc(NC)cc(NCC2(CC)CC2)n1. The number of rotatable bonds is 7. The molecular formula is C14H24N4. The van der Waals surface area contributed by atoms with Gasteiger partial charge in [0.25, 0.3) is 0 Å². The van der Waals surface area contributed by atoms with Crippen LogP contribution in [0.15, 0.2) is 6.07 Å². The smallest absolute Gasteiger partial charge is 0.133 e. The molecule has 0 saturated heterocycles. The van der Waals surface area contributed by atoms with E-state index in [4.69, 9.17) is 0 Å². The second kappa shape index (κ2) is 5.55. The maximum Gasteiger partial charge on any atom is 0.133 e. The van der Waals surface area contributed by atoms with Gasteiger partial charge in [0.05, 0.1) is 0 Å². The third-order valence-corrected chi connectivity index (χ3v) is 3.85. The minimum absolute atomic E-state index is 0.537. The molecule has 1 aromatic rings. The maximum atomic E-state index is 4.57. The number of nitrogens with one attached hydrogen (secondary N) is 2. The highest BCUT2D eigenvalue weighted by Crippen LogP contribution is 2.48. The van der Waals surface area contributed by atoms with Crippen molar-refractivity contribution in [3.63, 3.8) is 0 Å². The maximum absolute atomic E-state index is 4.57. The van der Waals surface area contributed by atoms with Crippen LogP contribution < -0.4 is 10.6 Å².